The zero-order chi connectivity index (χ0) is 15.1. The number of anilines is 1. The van der Waals surface area contributed by atoms with E-state index in [-0.39, 0.29) is 18.1 Å². The predicted octanol–water partition coefficient (Wildman–Crippen LogP) is 1.03. The monoisotopic (exact) mass is 294 g/mol. The Morgan fingerprint density at radius 3 is 2.81 bits per heavy atom. The van der Waals surface area contributed by atoms with Gasteiger partial charge in [-0.15, -0.1) is 0 Å². The lowest BCUT2D eigenvalue weighted by Crippen LogP contribution is -2.53. The smallest absolute Gasteiger partial charge is 0.244 e. The van der Waals surface area contributed by atoms with Crippen molar-refractivity contribution in [1.29, 1.82) is 0 Å². The van der Waals surface area contributed by atoms with Gasteiger partial charge in [-0.25, -0.2) is 0 Å². The molecular weight excluding hydrogens is 272 g/mol. The molecule has 116 valence electrons. The van der Waals surface area contributed by atoms with Crippen LogP contribution in [-0.2, 0) is 14.3 Å². The van der Waals surface area contributed by atoms with E-state index in [9.17, 15) is 4.79 Å². The molecule has 0 radical (unpaired) electrons. The topological polar surface area (TPSA) is 68.8 Å². The number of amides is 1. The second-order valence-corrected chi connectivity index (χ2v) is 4.86. The van der Waals surface area contributed by atoms with Crippen molar-refractivity contribution in [2.24, 2.45) is 0 Å². The number of nitrogens with one attached hydrogen (secondary N) is 2. The van der Waals surface area contributed by atoms with Crippen molar-refractivity contribution in [3.8, 4) is 5.75 Å². The van der Waals surface area contributed by atoms with E-state index in [2.05, 4.69) is 10.6 Å². The number of carbonyl (C=O) groups is 1. The van der Waals surface area contributed by atoms with E-state index >= 15 is 0 Å². The molecule has 1 aromatic carbocycles. The van der Waals surface area contributed by atoms with Crippen LogP contribution >= 0.6 is 0 Å². The Morgan fingerprint density at radius 2 is 2.14 bits per heavy atom. The first-order valence-corrected chi connectivity index (χ1v) is 7.08. The number of morpholine rings is 1. The van der Waals surface area contributed by atoms with Crippen molar-refractivity contribution in [3.63, 3.8) is 0 Å². The highest BCUT2D eigenvalue weighted by molar-refractivity contribution is 5.95. The van der Waals surface area contributed by atoms with Gasteiger partial charge in [-0.3, -0.25) is 4.79 Å². The summed E-state index contributed by atoms with van der Waals surface area (Å²) in [7, 11) is 1.63. The van der Waals surface area contributed by atoms with E-state index in [1.165, 1.54) is 0 Å². The van der Waals surface area contributed by atoms with Crippen molar-refractivity contribution in [2.45, 2.75) is 19.1 Å². The molecule has 21 heavy (non-hydrogen) atoms. The first-order chi connectivity index (χ1) is 10.2. The average Bonchev–Trinajstić information content (AvgIpc) is 2.49. The summed E-state index contributed by atoms with van der Waals surface area (Å²) in [6.07, 6.45) is -0.129. The maximum atomic E-state index is 12.2. The molecule has 1 aromatic rings. The van der Waals surface area contributed by atoms with Gasteiger partial charge in [0.25, 0.3) is 0 Å². The van der Waals surface area contributed by atoms with Crippen LogP contribution in [0, 0.1) is 0 Å². The normalized spacial score (nSPS) is 21.8. The second kappa shape index (κ2) is 7.97. The molecule has 6 nitrogen and oxygen atoms in total. The van der Waals surface area contributed by atoms with Gasteiger partial charge in [0, 0.05) is 19.3 Å². The van der Waals surface area contributed by atoms with Crippen LogP contribution < -0.4 is 15.4 Å². The molecule has 1 aliphatic heterocycles. The zero-order valence-corrected chi connectivity index (χ0v) is 12.4. The minimum absolute atomic E-state index is 0.0877. The molecule has 0 spiro atoms. The average molecular weight is 294 g/mol. The van der Waals surface area contributed by atoms with Crippen LogP contribution in [0.15, 0.2) is 24.3 Å². The minimum Gasteiger partial charge on any atom is -0.491 e. The lowest BCUT2D eigenvalue weighted by Gasteiger charge is -2.29. The number of ether oxygens (including phenoxy) is 3. The Kier molecular flexibility index (Phi) is 5.98. The van der Waals surface area contributed by atoms with Gasteiger partial charge in [0.05, 0.1) is 19.3 Å². The van der Waals surface area contributed by atoms with Crippen molar-refractivity contribution in [3.05, 3.63) is 24.3 Å². The van der Waals surface area contributed by atoms with Crippen LogP contribution in [-0.4, -0.2) is 51.5 Å². The Balaban J connectivity index is 1.86. The molecule has 0 unspecified atom stereocenters. The largest absolute Gasteiger partial charge is 0.491 e. The molecule has 0 aromatic heterocycles. The standard InChI is InChI=1S/C15H22N2O4/c1-11-14(16-7-8-20-11)15(18)17-12-3-5-13(6-4-12)21-10-9-19-2/h3-6,11,14,16H,7-10H2,1-2H3,(H,17,18)/t11-,14+/m1/s1. The zero-order valence-electron chi connectivity index (χ0n) is 12.4. The fraction of sp³-hybridized carbons (Fsp3) is 0.533. The summed E-state index contributed by atoms with van der Waals surface area (Å²) in [4.78, 5) is 12.2. The summed E-state index contributed by atoms with van der Waals surface area (Å²) in [6.45, 7) is 4.27. The second-order valence-electron chi connectivity index (χ2n) is 4.86. The number of methoxy groups -OCH3 is 1. The van der Waals surface area contributed by atoms with Crippen molar-refractivity contribution in [1.82, 2.24) is 5.32 Å². The van der Waals surface area contributed by atoms with Crippen LogP contribution in [0.25, 0.3) is 0 Å². The number of carbonyl (C=O) groups excluding carboxylic acids is 1. The molecule has 6 heteroatoms. The van der Waals surface area contributed by atoms with Crippen molar-refractivity contribution in [2.75, 3.05) is 38.8 Å². The summed E-state index contributed by atoms with van der Waals surface area (Å²) in [5, 5.41) is 6.03. The molecule has 2 N–H and O–H groups in total. The van der Waals surface area contributed by atoms with Gasteiger partial charge in [-0.2, -0.15) is 0 Å². The molecule has 0 saturated carbocycles. The van der Waals surface area contributed by atoms with Crippen LogP contribution in [0.4, 0.5) is 5.69 Å². The Bertz CT molecular complexity index is 449. The number of benzene rings is 1. The fourth-order valence-electron chi connectivity index (χ4n) is 2.12. The third-order valence-electron chi connectivity index (χ3n) is 3.28. The van der Waals surface area contributed by atoms with Crippen molar-refractivity contribution >= 4 is 11.6 Å². The van der Waals surface area contributed by atoms with E-state index in [1.54, 1.807) is 7.11 Å². The van der Waals surface area contributed by atoms with Crippen LogP contribution in [0.3, 0.4) is 0 Å². The molecule has 1 heterocycles. The van der Waals surface area contributed by atoms with E-state index in [0.717, 1.165) is 11.4 Å². The highest BCUT2D eigenvalue weighted by Crippen LogP contribution is 2.16. The van der Waals surface area contributed by atoms with Gasteiger partial charge in [-0.1, -0.05) is 0 Å². The molecule has 1 amide bonds. The number of hydrogen-bond donors (Lipinski definition) is 2. The highest BCUT2D eigenvalue weighted by atomic mass is 16.5. The lowest BCUT2D eigenvalue weighted by atomic mass is 10.1. The van der Waals surface area contributed by atoms with Gasteiger partial charge in [0.1, 0.15) is 18.4 Å². The first kappa shape index (κ1) is 15.8. The summed E-state index contributed by atoms with van der Waals surface area (Å²) < 4.78 is 15.9. The first-order valence-electron chi connectivity index (χ1n) is 7.08. The maximum absolute atomic E-state index is 12.2. The molecule has 2 atom stereocenters. The van der Waals surface area contributed by atoms with E-state index < -0.39 is 0 Å². The minimum atomic E-state index is -0.323. The Hall–Kier alpha value is -1.63. The van der Waals surface area contributed by atoms with Gasteiger partial charge in [-0.05, 0) is 31.2 Å². The number of hydrogen-bond acceptors (Lipinski definition) is 5. The summed E-state index contributed by atoms with van der Waals surface area (Å²) in [5.74, 6) is 0.660. The Morgan fingerprint density at radius 1 is 1.38 bits per heavy atom. The molecule has 2 rings (SSSR count). The van der Waals surface area contributed by atoms with E-state index in [1.807, 2.05) is 31.2 Å². The van der Waals surface area contributed by atoms with Crippen LogP contribution in [0.5, 0.6) is 5.75 Å². The maximum Gasteiger partial charge on any atom is 0.244 e. The van der Waals surface area contributed by atoms with Crippen LogP contribution in [0.2, 0.25) is 0 Å². The molecule has 0 bridgehead atoms. The molecule has 1 aliphatic rings. The molecule has 1 fully saturated rings. The predicted molar refractivity (Wildman–Crippen MR) is 79.6 cm³/mol. The highest BCUT2D eigenvalue weighted by Gasteiger charge is 2.28. The molecule has 1 saturated heterocycles. The summed E-state index contributed by atoms with van der Waals surface area (Å²) in [5.41, 5.74) is 0.735. The van der Waals surface area contributed by atoms with E-state index in [0.29, 0.717) is 26.4 Å². The third-order valence-corrected chi connectivity index (χ3v) is 3.28. The van der Waals surface area contributed by atoms with E-state index in [4.69, 9.17) is 14.2 Å². The lowest BCUT2D eigenvalue weighted by molar-refractivity contribution is -0.123. The summed E-state index contributed by atoms with van der Waals surface area (Å²) >= 11 is 0. The van der Waals surface area contributed by atoms with Gasteiger partial charge >= 0.3 is 0 Å². The quantitative estimate of drug-likeness (QED) is 0.767. The third kappa shape index (κ3) is 4.70. The Labute approximate surface area is 124 Å². The van der Waals surface area contributed by atoms with Crippen LogP contribution in [0.1, 0.15) is 6.92 Å². The molecular formula is C15H22N2O4. The summed E-state index contributed by atoms with van der Waals surface area (Å²) in [6, 6.07) is 6.94. The number of rotatable bonds is 6. The fourth-order valence-corrected chi connectivity index (χ4v) is 2.12. The van der Waals surface area contributed by atoms with Gasteiger partial charge < -0.3 is 24.8 Å². The molecule has 0 aliphatic carbocycles. The van der Waals surface area contributed by atoms with Crippen molar-refractivity contribution < 1.29 is 19.0 Å². The van der Waals surface area contributed by atoms with Gasteiger partial charge in [0.15, 0.2) is 0 Å². The SMILES string of the molecule is COCCOc1ccc(NC(=O)[C@H]2NCCO[C@@H]2C)cc1. The van der Waals surface area contributed by atoms with Gasteiger partial charge in [0.2, 0.25) is 5.91 Å².